The van der Waals surface area contributed by atoms with E-state index < -0.39 is 9.84 Å². The number of hydrogen-bond donors (Lipinski definition) is 1. The molecule has 190 valence electrons. The smallest absolute Gasteiger partial charge is 0.295 e. The fraction of sp³-hybridized carbons (Fsp3) is 0.480. The van der Waals surface area contributed by atoms with Crippen molar-refractivity contribution in [2.45, 2.75) is 51.1 Å². The zero-order valence-electron chi connectivity index (χ0n) is 20.3. The SMILES string of the molecule is CCOc1cc(CN2CCC(Nc3nc4cc(S(=O)(=O)CC)ccc4o3)CC2)c(Cl)c(OCC)c1. The van der Waals surface area contributed by atoms with Crippen molar-refractivity contribution in [2.24, 2.45) is 0 Å². The van der Waals surface area contributed by atoms with E-state index in [4.69, 9.17) is 25.5 Å². The molecule has 0 spiro atoms. The molecule has 1 aromatic heterocycles. The molecule has 2 heterocycles. The first kappa shape index (κ1) is 25.6. The maximum atomic E-state index is 12.2. The summed E-state index contributed by atoms with van der Waals surface area (Å²) in [5, 5.41) is 4.00. The Balaban J connectivity index is 1.38. The third kappa shape index (κ3) is 6.02. The quantitative estimate of drug-likeness (QED) is 0.391. The summed E-state index contributed by atoms with van der Waals surface area (Å²) in [5.74, 6) is 1.46. The Kier molecular flexibility index (Phi) is 8.09. The second-order valence-corrected chi connectivity index (χ2v) is 11.2. The summed E-state index contributed by atoms with van der Waals surface area (Å²) in [4.78, 5) is 7.09. The highest BCUT2D eigenvalue weighted by Crippen LogP contribution is 2.35. The average molecular weight is 522 g/mol. The third-order valence-corrected chi connectivity index (χ3v) is 8.27. The highest BCUT2D eigenvalue weighted by Gasteiger charge is 2.23. The van der Waals surface area contributed by atoms with Crippen molar-refractivity contribution < 1.29 is 22.3 Å². The molecule has 0 saturated carbocycles. The Hall–Kier alpha value is -2.49. The minimum Gasteiger partial charge on any atom is -0.494 e. The minimum atomic E-state index is -3.29. The van der Waals surface area contributed by atoms with Gasteiger partial charge in [0.05, 0.1) is 28.9 Å². The van der Waals surface area contributed by atoms with Crippen LogP contribution in [-0.4, -0.2) is 56.4 Å². The van der Waals surface area contributed by atoms with Crippen LogP contribution in [0.2, 0.25) is 5.02 Å². The van der Waals surface area contributed by atoms with E-state index in [9.17, 15) is 8.42 Å². The Morgan fingerprint density at radius 2 is 1.86 bits per heavy atom. The van der Waals surface area contributed by atoms with Crippen LogP contribution in [0, 0.1) is 0 Å². The highest BCUT2D eigenvalue weighted by atomic mass is 35.5. The number of fused-ring (bicyclic) bond motifs is 1. The van der Waals surface area contributed by atoms with Gasteiger partial charge in [0, 0.05) is 31.7 Å². The summed E-state index contributed by atoms with van der Waals surface area (Å²) in [6, 6.07) is 9.26. The lowest BCUT2D eigenvalue weighted by atomic mass is 10.0. The van der Waals surface area contributed by atoms with E-state index in [1.807, 2.05) is 26.0 Å². The molecule has 10 heteroatoms. The normalized spacial score (nSPS) is 15.4. The predicted molar refractivity (Wildman–Crippen MR) is 137 cm³/mol. The third-order valence-electron chi connectivity index (χ3n) is 6.11. The monoisotopic (exact) mass is 521 g/mol. The van der Waals surface area contributed by atoms with Crippen LogP contribution in [0.1, 0.15) is 39.2 Å². The van der Waals surface area contributed by atoms with Gasteiger partial charge in [-0.05, 0) is 56.5 Å². The van der Waals surface area contributed by atoms with Crippen LogP contribution in [0.15, 0.2) is 39.6 Å². The number of anilines is 1. The number of nitrogens with zero attached hydrogens (tertiary/aromatic N) is 2. The highest BCUT2D eigenvalue weighted by molar-refractivity contribution is 7.91. The molecule has 0 unspecified atom stereocenters. The average Bonchev–Trinajstić information content (AvgIpc) is 3.25. The lowest BCUT2D eigenvalue weighted by Gasteiger charge is -2.32. The molecule has 1 N–H and O–H groups in total. The number of oxazole rings is 1. The largest absolute Gasteiger partial charge is 0.494 e. The van der Waals surface area contributed by atoms with Gasteiger partial charge in [0.15, 0.2) is 15.4 Å². The Morgan fingerprint density at radius 3 is 2.54 bits per heavy atom. The van der Waals surface area contributed by atoms with E-state index in [1.165, 1.54) is 0 Å². The number of halogens is 1. The van der Waals surface area contributed by atoms with E-state index in [0.29, 0.717) is 47.6 Å². The molecule has 0 amide bonds. The number of hydrogen-bond acceptors (Lipinski definition) is 8. The fourth-order valence-corrected chi connectivity index (χ4v) is 5.36. The molecule has 0 aliphatic carbocycles. The summed E-state index contributed by atoms with van der Waals surface area (Å²) in [6.45, 7) is 9.12. The van der Waals surface area contributed by atoms with Gasteiger partial charge in [0.1, 0.15) is 17.0 Å². The van der Waals surface area contributed by atoms with Crippen LogP contribution < -0.4 is 14.8 Å². The molecule has 35 heavy (non-hydrogen) atoms. The van der Waals surface area contributed by atoms with Gasteiger partial charge in [0.25, 0.3) is 6.01 Å². The molecular weight excluding hydrogens is 490 g/mol. The zero-order chi connectivity index (χ0) is 25.0. The van der Waals surface area contributed by atoms with Gasteiger partial charge in [-0.1, -0.05) is 18.5 Å². The van der Waals surface area contributed by atoms with Gasteiger partial charge in [-0.2, -0.15) is 4.98 Å². The summed E-state index contributed by atoms with van der Waals surface area (Å²) in [6.07, 6.45) is 1.82. The molecule has 0 bridgehead atoms. The molecule has 0 radical (unpaired) electrons. The summed E-state index contributed by atoms with van der Waals surface area (Å²) < 4.78 is 41.5. The van der Waals surface area contributed by atoms with Crippen LogP contribution in [0.25, 0.3) is 11.1 Å². The molecule has 8 nitrogen and oxygen atoms in total. The Labute approximate surface area is 211 Å². The molecule has 4 rings (SSSR count). The molecule has 1 aliphatic heterocycles. The number of sulfone groups is 1. The molecule has 0 atom stereocenters. The van der Waals surface area contributed by atoms with Gasteiger partial charge in [-0.3, -0.25) is 4.90 Å². The molecule has 1 aliphatic rings. The number of piperidine rings is 1. The topological polar surface area (TPSA) is 93.9 Å². The van der Waals surface area contributed by atoms with Crippen molar-refractivity contribution in [3.63, 3.8) is 0 Å². The molecule has 3 aromatic rings. The van der Waals surface area contributed by atoms with Crippen LogP contribution in [-0.2, 0) is 16.4 Å². The van der Waals surface area contributed by atoms with Crippen molar-refractivity contribution in [1.82, 2.24) is 9.88 Å². The number of aromatic nitrogens is 1. The second kappa shape index (κ2) is 11.1. The van der Waals surface area contributed by atoms with Crippen molar-refractivity contribution in [1.29, 1.82) is 0 Å². The van der Waals surface area contributed by atoms with Gasteiger partial charge in [-0.25, -0.2) is 8.42 Å². The first-order valence-electron chi connectivity index (χ1n) is 12.0. The van der Waals surface area contributed by atoms with Crippen molar-refractivity contribution in [3.8, 4) is 11.5 Å². The molecular formula is C25H32ClN3O5S. The van der Waals surface area contributed by atoms with Gasteiger partial charge >= 0.3 is 0 Å². The van der Waals surface area contributed by atoms with Gasteiger partial charge < -0.3 is 19.2 Å². The van der Waals surface area contributed by atoms with E-state index in [2.05, 4.69) is 15.2 Å². The number of benzene rings is 2. The first-order valence-corrected chi connectivity index (χ1v) is 14.1. The lowest BCUT2D eigenvalue weighted by molar-refractivity contribution is 0.209. The number of ether oxygens (including phenoxy) is 2. The summed E-state index contributed by atoms with van der Waals surface area (Å²) in [7, 11) is -3.29. The van der Waals surface area contributed by atoms with Gasteiger partial charge in [0.2, 0.25) is 0 Å². The van der Waals surface area contributed by atoms with E-state index >= 15 is 0 Å². The fourth-order valence-electron chi connectivity index (χ4n) is 4.23. The second-order valence-electron chi connectivity index (χ2n) is 8.51. The number of rotatable bonds is 10. The van der Waals surface area contributed by atoms with Gasteiger partial charge in [-0.15, -0.1) is 0 Å². The maximum Gasteiger partial charge on any atom is 0.295 e. The first-order chi connectivity index (χ1) is 16.8. The van der Waals surface area contributed by atoms with Crippen molar-refractivity contribution >= 4 is 38.6 Å². The molecule has 1 saturated heterocycles. The standard InChI is InChI=1S/C25H32ClN3O5S/c1-4-32-19-13-17(24(26)23(14-19)33-5-2)16-29-11-9-18(10-12-29)27-25-28-21-15-20(35(30,31)6-3)7-8-22(21)34-25/h7-8,13-15,18H,4-6,9-12,16H2,1-3H3,(H,27,28). The minimum absolute atomic E-state index is 0.0497. The Morgan fingerprint density at radius 1 is 1.11 bits per heavy atom. The number of nitrogens with one attached hydrogen (secondary N) is 1. The maximum absolute atomic E-state index is 12.2. The van der Waals surface area contributed by atoms with E-state index in [1.54, 1.807) is 25.1 Å². The van der Waals surface area contributed by atoms with Crippen LogP contribution in [0.3, 0.4) is 0 Å². The Bertz CT molecular complexity index is 1270. The number of likely N-dealkylation sites (tertiary alicyclic amines) is 1. The summed E-state index contributed by atoms with van der Waals surface area (Å²) >= 11 is 6.62. The lowest BCUT2D eigenvalue weighted by Crippen LogP contribution is -2.38. The van der Waals surface area contributed by atoms with Crippen LogP contribution in [0.5, 0.6) is 11.5 Å². The van der Waals surface area contributed by atoms with E-state index in [-0.39, 0.29) is 16.7 Å². The zero-order valence-corrected chi connectivity index (χ0v) is 21.9. The predicted octanol–water partition coefficient (Wildman–Crippen LogP) is 5.15. The van der Waals surface area contributed by atoms with Crippen LogP contribution >= 0.6 is 11.6 Å². The molecule has 1 fully saturated rings. The van der Waals surface area contributed by atoms with Crippen LogP contribution in [0.4, 0.5) is 6.01 Å². The molecule has 2 aromatic carbocycles. The van der Waals surface area contributed by atoms with Crippen molar-refractivity contribution in [2.75, 3.05) is 37.4 Å². The van der Waals surface area contributed by atoms with Crippen molar-refractivity contribution in [3.05, 3.63) is 40.9 Å². The summed E-state index contributed by atoms with van der Waals surface area (Å²) in [5.41, 5.74) is 2.09. The van der Waals surface area contributed by atoms with E-state index in [0.717, 1.165) is 37.2 Å².